The van der Waals surface area contributed by atoms with Crippen LogP contribution >= 0.6 is 0 Å². The van der Waals surface area contributed by atoms with E-state index in [2.05, 4.69) is 10.2 Å². The lowest BCUT2D eigenvalue weighted by molar-refractivity contribution is 0.475. The van der Waals surface area contributed by atoms with Gasteiger partial charge in [-0.3, -0.25) is 0 Å². The number of rotatable bonds is 1. The zero-order valence-corrected chi connectivity index (χ0v) is 6.37. The number of alkyl halides is 1. The largest absolute Gasteiger partial charge is 0.244 e. The molecule has 0 aliphatic rings. The third-order valence-corrected chi connectivity index (χ3v) is 1.77. The zero-order chi connectivity index (χ0) is 8.39. The van der Waals surface area contributed by atoms with Crippen LogP contribution in [0.5, 0.6) is 0 Å². The summed E-state index contributed by atoms with van der Waals surface area (Å²) in [5.74, 6) is 0. The van der Waals surface area contributed by atoms with Crippen LogP contribution in [-0.4, -0.2) is 10.2 Å². The molecule has 0 fully saturated rings. The maximum atomic E-state index is 12.4. The molecule has 2 nitrogen and oxygen atoms in total. The summed E-state index contributed by atoms with van der Waals surface area (Å²) in [5.41, 5.74) is 0.410. The Balaban J connectivity index is 2.79. The van der Waals surface area contributed by atoms with Crippen molar-refractivity contribution in [2.75, 3.05) is 0 Å². The Kier molecular flexibility index (Phi) is 1.70. The van der Waals surface area contributed by atoms with Crippen LogP contribution in [0.15, 0.2) is 30.5 Å². The van der Waals surface area contributed by atoms with Crippen LogP contribution in [0.2, 0.25) is 0 Å². The first-order chi connectivity index (χ1) is 5.92. The molecule has 2 rings (SSSR count). The van der Waals surface area contributed by atoms with E-state index < -0.39 is 6.67 Å². The molecule has 0 N–H and O–H groups in total. The zero-order valence-electron chi connectivity index (χ0n) is 6.37. The summed E-state index contributed by atoms with van der Waals surface area (Å²) in [6.07, 6.45) is 1.63. The van der Waals surface area contributed by atoms with Crippen molar-refractivity contribution in [3.05, 3.63) is 36.2 Å². The lowest BCUT2D eigenvalue weighted by Gasteiger charge is -1.98. The molecule has 0 saturated heterocycles. The normalized spacial score (nSPS) is 10.4. The minimum absolute atomic E-state index is 0.410. The third-order valence-electron chi connectivity index (χ3n) is 1.77. The molecule has 12 heavy (non-hydrogen) atoms. The molecule has 0 saturated carbocycles. The van der Waals surface area contributed by atoms with Gasteiger partial charge in [0.15, 0.2) is 0 Å². The number of halogens is 1. The number of nitrogens with zero attached hydrogens (tertiary/aromatic N) is 2. The molecule has 0 aliphatic carbocycles. The highest BCUT2D eigenvalue weighted by atomic mass is 19.1. The van der Waals surface area contributed by atoms with Crippen molar-refractivity contribution in [2.24, 2.45) is 0 Å². The quantitative estimate of drug-likeness (QED) is 0.641. The lowest BCUT2D eigenvalue weighted by atomic mass is 10.1. The smallest absolute Gasteiger partial charge is 0.134 e. The molecule has 1 heterocycles. The fourth-order valence-corrected chi connectivity index (χ4v) is 1.19. The van der Waals surface area contributed by atoms with Crippen molar-refractivity contribution in [3.63, 3.8) is 0 Å². The van der Waals surface area contributed by atoms with E-state index in [4.69, 9.17) is 0 Å². The Morgan fingerprint density at radius 2 is 2.08 bits per heavy atom. The molecule has 0 bridgehead atoms. The summed E-state index contributed by atoms with van der Waals surface area (Å²) < 4.78 is 12.4. The SMILES string of the molecule is FCc1nncc2ccccc12. The Hall–Kier alpha value is -1.51. The highest BCUT2D eigenvalue weighted by Gasteiger charge is 2.00. The van der Waals surface area contributed by atoms with Gasteiger partial charge in [-0.1, -0.05) is 24.3 Å². The van der Waals surface area contributed by atoms with Crippen LogP contribution in [0.3, 0.4) is 0 Å². The maximum absolute atomic E-state index is 12.4. The van der Waals surface area contributed by atoms with Gasteiger partial charge in [-0.25, -0.2) is 4.39 Å². The second-order valence-corrected chi connectivity index (χ2v) is 2.51. The number of hydrogen-bond donors (Lipinski definition) is 0. The molecule has 0 atom stereocenters. The average Bonchev–Trinajstić information content (AvgIpc) is 2.17. The number of fused-ring (bicyclic) bond motifs is 1. The number of hydrogen-bond acceptors (Lipinski definition) is 2. The second-order valence-electron chi connectivity index (χ2n) is 2.51. The number of aromatic nitrogens is 2. The van der Waals surface area contributed by atoms with Gasteiger partial charge < -0.3 is 0 Å². The molecule has 60 valence electrons. The van der Waals surface area contributed by atoms with E-state index in [1.54, 1.807) is 6.20 Å². The van der Waals surface area contributed by atoms with Gasteiger partial charge >= 0.3 is 0 Å². The first-order valence-corrected chi connectivity index (χ1v) is 3.67. The van der Waals surface area contributed by atoms with E-state index in [1.165, 1.54) is 0 Å². The van der Waals surface area contributed by atoms with Crippen LogP contribution < -0.4 is 0 Å². The van der Waals surface area contributed by atoms with E-state index in [1.807, 2.05) is 24.3 Å². The second kappa shape index (κ2) is 2.85. The van der Waals surface area contributed by atoms with E-state index >= 15 is 0 Å². The maximum Gasteiger partial charge on any atom is 0.134 e. The third kappa shape index (κ3) is 1.03. The Morgan fingerprint density at radius 3 is 2.92 bits per heavy atom. The summed E-state index contributed by atoms with van der Waals surface area (Å²) in [5, 5.41) is 9.17. The first-order valence-electron chi connectivity index (χ1n) is 3.67. The van der Waals surface area contributed by atoms with Crippen molar-refractivity contribution in [2.45, 2.75) is 6.67 Å². The Morgan fingerprint density at radius 1 is 1.25 bits per heavy atom. The molecule has 0 spiro atoms. The van der Waals surface area contributed by atoms with E-state index in [-0.39, 0.29) is 0 Å². The minimum atomic E-state index is -0.561. The molecule has 2 aromatic rings. The molecule has 0 aliphatic heterocycles. The van der Waals surface area contributed by atoms with Gasteiger partial charge in [-0.05, 0) is 0 Å². The van der Waals surface area contributed by atoms with E-state index in [9.17, 15) is 4.39 Å². The topological polar surface area (TPSA) is 25.8 Å². The fraction of sp³-hybridized carbons (Fsp3) is 0.111. The predicted molar refractivity (Wildman–Crippen MR) is 44.4 cm³/mol. The van der Waals surface area contributed by atoms with Gasteiger partial charge in [0.1, 0.15) is 12.4 Å². The molecular formula is C9H7FN2. The van der Waals surface area contributed by atoms with Crippen LogP contribution in [0.1, 0.15) is 5.69 Å². The van der Waals surface area contributed by atoms with Crippen molar-refractivity contribution >= 4 is 10.8 Å². The van der Waals surface area contributed by atoms with Gasteiger partial charge in [0.25, 0.3) is 0 Å². The molecule has 0 unspecified atom stereocenters. The van der Waals surface area contributed by atoms with E-state index in [0.717, 1.165) is 10.8 Å². The predicted octanol–water partition coefficient (Wildman–Crippen LogP) is 2.10. The Labute approximate surface area is 69.1 Å². The van der Waals surface area contributed by atoms with Crippen molar-refractivity contribution < 1.29 is 4.39 Å². The van der Waals surface area contributed by atoms with Crippen molar-refractivity contribution in [1.82, 2.24) is 10.2 Å². The summed E-state index contributed by atoms with van der Waals surface area (Å²) >= 11 is 0. The molecule has 3 heteroatoms. The van der Waals surface area contributed by atoms with Gasteiger partial charge in [0.2, 0.25) is 0 Å². The van der Waals surface area contributed by atoms with Crippen LogP contribution in [0.4, 0.5) is 4.39 Å². The lowest BCUT2D eigenvalue weighted by Crippen LogP contribution is -1.90. The highest BCUT2D eigenvalue weighted by Crippen LogP contribution is 2.15. The monoisotopic (exact) mass is 162 g/mol. The summed E-state index contributed by atoms with van der Waals surface area (Å²) in [7, 11) is 0. The molecule has 0 radical (unpaired) electrons. The average molecular weight is 162 g/mol. The molecule has 0 amide bonds. The Bertz CT molecular complexity index is 395. The summed E-state index contributed by atoms with van der Waals surface area (Å²) in [6, 6.07) is 7.50. The first kappa shape index (κ1) is 7.16. The van der Waals surface area contributed by atoms with Gasteiger partial charge in [-0.15, -0.1) is 0 Å². The summed E-state index contributed by atoms with van der Waals surface area (Å²) in [4.78, 5) is 0. The fourth-order valence-electron chi connectivity index (χ4n) is 1.19. The summed E-state index contributed by atoms with van der Waals surface area (Å²) in [6.45, 7) is -0.561. The van der Waals surface area contributed by atoms with Gasteiger partial charge in [-0.2, -0.15) is 10.2 Å². The molecular weight excluding hydrogens is 155 g/mol. The van der Waals surface area contributed by atoms with Gasteiger partial charge in [0, 0.05) is 10.8 Å². The number of benzene rings is 1. The molecule has 1 aromatic heterocycles. The van der Waals surface area contributed by atoms with Crippen molar-refractivity contribution in [1.29, 1.82) is 0 Å². The minimum Gasteiger partial charge on any atom is -0.244 e. The van der Waals surface area contributed by atoms with Crippen molar-refractivity contribution in [3.8, 4) is 0 Å². The van der Waals surface area contributed by atoms with Crippen LogP contribution in [0, 0.1) is 0 Å². The highest BCUT2D eigenvalue weighted by molar-refractivity contribution is 5.83. The standard InChI is InChI=1S/C9H7FN2/c10-5-9-8-4-2-1-3-7(8)6-11-12-9/h1-4,6H,5H2. The van der Waals surface area contributed by atoms with Crippen LogP contribution in [0.25, 0.3) is 10.8 Å². The molecule has 1 aromatic carbocycles. The van der Waals surface area contributed by atoms with Crippen LogP contribution in [-0.2, 0) is 6.67 Å². The van der Waals surface area contributed by atoms with E-state index in [0.29, 0.717) is 5.69 Å². The van der Waals surface area contributed by atoms with Gasteiger partial charge in [0.05, 0.1) is 6.20 Å².